The van der Waals surface area contributed by atoms with Crippen LogP contribution in [0.25, 0.3) is 11.0 Å². The number of fused-ring (bicyclic) bond motifs is 1. The van der Waals surface area contributed by atoms with Crippen molar-refractivity contribution in [2.75, 3.05) is 11.1 Å². The van der Waals surface area contributed by atoms with Gasteiger partial charge in [0.15, 0.2) is 17.4 Å². The molecular weight excluding hydrogens is 366 g/mol. The van der Waals surface area contributed by atoms with Crippen molar-refractivity contribution in [3.63, 3.8) is 0 Å². The van der Waals surface area contributed by atoms with E-state index in [9.17, 15) is 8.78 Å². The van der Waals surface area contributed by atoms with E-state index in [2.05, 4.69) is 25.3 Å². The van der Waals surface area contributed by atoms with Gasteiger partial charge in [0.2, 0.25) is 5.95 Å². The van der Waals surface area contributed by atoms with Gasteiger partial charge in [-0.25, -0.2) is 18.7 Å². The number of nitrogens with one attached hydrogen (secondary N) is 2. The molecule has 0 fully saturated rings. The summed E-state index contributed by atoms with van der Waals surface area (Å²) in [6, 6.07) is 5.41. The standard InChI is InChI=1S/C19H16F2N6O/c1-9-8-24-18-16(9)14(3-4-23-18)28-17-12(20)6-11(7-13(17)21)26-15-5-10(2)25-19(22)27-15/h3-8H,1-2H3,(H,23,24)(H3,22,25,26,27). The summed E-state index contributed by atoms with van der Waals surface area (Å²) in [5.41, 5.74) is 7.81. The average Bonchev–Trinajstić information content (AvgIpc) is 2.99. The first-order valence-electron chi connectivity index (χ1n) is 8.38. The summed E-state index contributed by atoms with van der Waals surface area (Å²) in [6.07, 6.45) is 3.25. The van der Waals surface area contributed by atoms with E-state index in [4.69, 9.17) is 10.5 Å². The van der Waals surface area contributed by atoms with Crippen molar-refractivity contribution in [2.45, 2.75) is 13.8 Å². The van der Waals surface area contributed by atoms with Crippen molar-refractivity contribution in [3.8, 4) is 11.5 Å². The minimum absolute atomic E-state index is 0.0620. The smallest absolute Gasteiger partial charge is 0.222 e. The number of ether oxygens (including phenoxy) is 1. The minimum Gasteiger partial charge on any atom is -0.450 e. The Morgan fingerprint density at radius 3 is 2.57 bits per heavy atom. The molecule has 0 atom stereocenters. The zero-order valence-corrected chi connectivity index (χ0v) is 15.0. The average molecular weight is 382 g/mol. The lowest BCUT2D eigenvalue weighted by molar-refractivity contribution is 0.411. The maximum atomic E-state index is 14.6. The first-order valence-corrected chi connectivity index (χ1v) is 8.38. The molecule has 0 saturated heterocycles. The molecule has 3 heterocycles. The van der Waals surface area contributed by atoms with E-state index in [1.807, 2.05) is 6.92 Å². The van der Waals surface area contributed by atoms with Crippen LogP contribution in [0.15, 0.2) is 36.7 Å². The van der Waals surface area contributed by atoms with E-state index in [1.165, 1.54) is 6.20 Å². The number of nitrogens with zero attached hydrogens (tertiary/aromatic N) is 3. The number of aryl methyl sites for hydroxylation is 2. The van der Waals surface area contributed by atoms with Gasteiger partial charge in [-0.15, -0.1) is 0 Å². The fourth-order valence-corrected chi connectivity index (χ4v) is 2.91. The van der Waals surface area contributed by atoms with E-state index >= 15 is 0 Å². The number of halogens is 2. The Hall–Kier alpha value is -3.75. The number of hydrogen-bond acceptors (Lipinski definition) is 6. The Morgan fingerprint density at radius 2 is 1.86 bits per heavy atom. The van der Waals surface area contributed by atoms with Gasteiger partial charge in [-0.3, -0.25) is 0 Å². The van der Waals surface area contributed by atoms with E-state index in [0.717, 1.165) is 17.7 Å². The van der Waals surface area contributed by atoms with Gasteiger partial charge in [0.05, 0.1) is 5.39 Å². The van der Waals surface area contributed by atoms with Gasteiger partial charge in [0, 0.05) is 42.0 Å². The number of benzene rings is 1. The Balaban J connectivity index is 1.67. The molecule has 0 amide bonds. The molecule has 0 spiro atoms. The molecule has 0 aliphatic heterocycles. The van der Waals surface area contributed by atoms with Crippen LogP contribution >= 0.6 is 0 Å². The van der Waals surface area contributed by atoms with Crippen LogP contribution in [0.1, 0.15) is 11.3 Å². The maximum Gasteiger partial charge on any atom is 0.222 e. The predicted octanol–water partition coefficient (Wildman–Crippen LogP) is 4.37. The quantitative estimate of drug-likeness (QED) is 0.485. The topological polar surface area (TPSA) is 102 Å². The van der Waals surface area contributed by atoms with Crippen molar-refractivity contribution in [2.24, 2.45) is 0 Å². The van der Waals surface area contributed by atoms with E-state index in [1.54, 1.807) is 25.3 Å². The van der Waals surface area contributed by atoms with Crippen LogP contribution in [-0.2, 0) is 0 Å². The highest BCUT2D eigenvalue weighted by Crippen LogP contribution is 2.35. The van der Waals surface area contributed by atoms with Crippen LogP contribution in [0.5, 0.6) is 11.5 Å². The molecule has 4 rings (SSSR count). The molecule has 0 unspecified atom stereocenters. The summed E-state index contributed by atoms with van der Waals surface area (Å²) in [5, 5.41) is 3.47. The molecule has 7 nitrogen and oxygen atoms in total. The Bertz CT molecular complexity index is 1150. The summed E-state index contributed by atoms with van der Waals surface area (Å²) in [6.45, 7) is 3.59. The van der Waals surface area contributed by atoms with Crippen molar-refractivity contribution in [3.05, 3.63) is 59.6 Å². The van der Waals surface area contributed by atoms with Gasteiger partial charge < -0.3 is 20.8 Å². The molecule has 4 N–H and O–H groups in total. The second-order valence-electron chi connectivity index (χ2n) is 6.25. The van der Waals surface area contributed by atoms with Crippen LogP contribution in [0, 0.1) is 25.5 Å². The minimum atomic E-state index is -0.862. The van der Waals surface area contributed by atoms with Crippen molar-refractivity contribution in [1.29, 1.82) is 0 Å². The van der Waals surface area contributed by atoms with E-state index in [0.29, 0.717) is 28.3 Å². The summed E-state index contributed by atoms with van der Waals surface area (Å²) in [5.74, 6) is -1.53. The number of rotatable bonds is 4. The number of aromatic nitrogens is 4. The van der Waals surface area contributed by atoms with Crippen molar-refractivity contribution >= 4 is 28.5 Å². The van der Waals surface area contributed by atoms with Crippen LogP contribution in [0.3, 0.4) is 0 Å². The maximum absolute atomic E-state index is 14.6. The molecule has 3 aromatic heterocycles. The highest BCUT2D eigenvalue weighted by Gasteiger charge is 2.17. The number of hydrogen-bond donors (Lipinski definition) is 3. The zero-order chi connectivity index (χ0) is 19.8. The molecule has 9 heteroatoms. The normalized spacial score (nSPS) is 11.0. The third-order valence-electron chi connectivity index (χ3n) is 4.09. The Morgan fingerprint density at radius 1 is 1.11 bits per heavy atom. The van der Waals surface area contributed by atoms with Crippen LogP contribution in [-0.4, -0.2) is 19.9 Å². The lowest BCUT2D eigenvalue weighted by Crippen LogP contribution is -2.02. The number of nitrogen functional groups attached to an aromatic ring is 1. The SMILES string of the molecule is Cc1cc(Nc2cc(F)c(Oc3ccnc4[nH]cc(C)c34)c(F)c2)nc(N)n1. The van der Waals surface area contributed by atoms with Gasteiger partial charge in [-0.05, 0) is 25.5 Å². The van der Waals surface area contributed by atoms with Crippen LogP contribution < -0.4 is 15.8 Å². The fourth-order valence-electron chi connectivity index (χ4n) is 2.91. The second kappa shape index (κ2) is 6.76. The molecule has 0 radical (unpaired) electrons. The molecule has 0 saturated carbocycles. The largest absolute Gasteiger partial charge is 0.450 e. The monoisotopic (exact) mass is 382 g/mol. The van der Waals surface area contributed by atoms with Gasteiger partial charge in [0.25, 0.3) is 0 Å². The number of H-pyrrole nitrogens is 1. The third-order valence-corrected chi connectivity index (χ3v) is 4.09. The third kappa shape index (κ3) is 3.29. The second-order valence-corrected chi connectivity index (χ2v) is 6.25. The zero-order valence-electron chi connectivity index (χ0n) is 15.0. The first-order chi connectivity index (χ1) is 13.4. The molecule has 142 valence electrons. The Kier molecular flexibility index (Phi) is 4.26. The molecule has 0 aliphatic carbocycles. The molecule has 0 aliphatic rings. The molecule has 4 aromatic rings. The highest BCUT2D eigenvalue weighted by atomic mass is 19.1. The number of nitrogens with two attached hydrogens (primary N) is 1. The van der Waals surface area contributed by atoms with Crippen LogP contribution in [0.4, 0.5) is 26.2 Å². The van der Waals surface area contributed by atoms with Gasteiger partial charge in [-0.1, -0.05) is 0 Å². The fraction of sp³-hybridized carbons (Fsp3) is 0.105. The summed E-state index contributed by atoms with van der Waals surface area (Å²) < 4.78 is 34.7. The number of anilines is 3. The highest BCUT2D eigenvalue weighted by molar-refractivity contribution is 5.86. The lowest BCUT2D eigenvalue weighted by Gasteiger charge is -2.12. The van der Waals surface area contributed by atoms with E-state index < -0.39 is 17.4 Å². The van der Waals surface area contributed by atoms with Gasteiger partial charge in [0.1, 0.15) is 17.2 Å². The number of aromatic amines is 1. The Labute approximate surface area is 158 Å². The molecule has 28 heavy (non-hydrogen) atoms. The summed E-state index contributed by atoms with van der Waals surface area (Å²) in [4.78, 5) is 15.1. The van der Waals surface area contributed by atoms with Crippen molar-refractivity contribution < 1.29 is 13.5 Å². The number of pyridine rings is 1. The van der Waals surface area contributed by atoms with Crippen molar-refractivity contribution in [1.82, 2.24) is 19.9 Å². The molecular formula is C19H16F2N6O. The first kappa shape index (κ1) is 17.7. The summed E-state index contributed by atoms with van der Waals surface area (Å²) >= 11 is 0. The lowest BCUT2D eigenvalue weighted by atomic mass is 10.2. The van der Waals surface area contributed by atoms with E-state index in [-0.39, 0.29) is 11.6 Å². The molecule has 1 aromatic carbocycles. The predicted molar refractivity (Wildman–Crippen MR) is 102 cm³/mol. The van der Waals surface area contributed by atoms with Crippen LogP contribution in [0.2, 0.25) is 0 Å². The summed E-state index contributed by atoms with van der Waals surface area (Å²) in [7, 11) is 0. The van der Waals surface area contributed by atoms with Gasteiger partial charge in [-0.2, -0.15) is 4.98 Å². The van der Waals surface area contributed by atoms with Gasteiger partial charge >= 0.3 is 0 Å². The molecule has 0 bridgehead atoms.